The van der Waals surface area contributed by atoms with Crippen molar-refractivity contribution in [3.8, 4) is 0 Å². The fraction of sp³-hybridized carbons (Fsp3) is 0.263. The number of amides is 1. The predicted octanol–water partition coefficient (Wildman–Crippen LogP) is 2.46. The topological polar surface area (TPSA) is 110 Å². The van der Waals surface area contributed by atoms with Crippen LogP contribution in [-0.2, 0) is 17.1 Å². The van der Waals surface area contributed by atoms with Crippen LogP contribution in [0.4, 0.5) is 5.69 Å². The molecule has 28 heavy (non-hydrogen) atoms. The first-order valence-corrected chi connectivity index (χ1v) is 10.0. The van der Waals surface area contributed by atoms with Crippen molar-refractivity contribution in [2.45, 2.75) is 31.2 Å². The number of anilines is 1. The van der Waals surface area contributed by atoms with Crippen molar-refractivity contribution >= 4 is 32.7 Å². The first kappa shape index (κ1) is 19.7. The first-order chi connectivity index (χ1) is 13.0. The molecule has 0 bridgehead atoms. The molecule has 2 N–H and O–H groups in total. The molecule has 1 heterocycles. The Bertz CT molecular complexity index is 1220. The van der Waals surface area contributed by atoms with E-state index in [1.807, 2.05) is 20.8 Å². The van der Waals surface area contributed by atoms with Crippen molar-refractivity contribution in [2.75, 3.05) is 4.72 Å². The van der Waals surface area contributed by atoms with Gasteiger partial charge in [-0.1, -0.05) is 12.1 Å². The Kier molecular flexibility index (Phi) is 4.80. The SMILES string of the molecule is Cn1c(=O)oc2ccc(S(=O)(=O)Nc3ccccc3C(=O)NC(C)(C)C)cc21. The molecule has 1 aromatic heterocycles. The van der Waals surface area contributed by atoms with E-state index < -0.39 is 27.2 Å². The summed E-state index contributed by atoms with van der Waals surface area (Å²) in [7, 11) is -2.51. The maximum atomic E-state index is 12.9. The number of carbonyl (C=O) groups excluding carboxylic acids is 1. The van der Waals surface area contributed by atoms with Gasteiger partial charge in [-0.05, 0) is 51.1 Å². The van der Waals surface area contributed by atoms with Crippen LogP contribution in [-0.4, -0.2) is 24.4 Å². The molecule has 9 heteroatoms. The summed E-state index contributed by atoms with van der Waals surface area (Å²) in [6.45, 7) is 5.51. The second-order valence-electron chi connectivity index (χ2n) is 7.41. The molecule has 0 atom stereocenters. The number of benzene rings is 2. The van der Waals surface area contributed by atoms with E-state index >= 15 is 0 Å². The second kappa shape index (κ2) is 6.83. The molecule has 1 amide bonds. The highest BCUT2D eigenvalue weighted by molar-refractivity contribution is 7.92. The quantitative estimate of drug-likeness (QED) is 0.695. The molecule has 0 aliphatic carbocycles. The summed E-state index contributed by atoms with van der Waals surface area (Å²) in [6, 6.07) is 10.5. The summed E-state index contributed by atoms with van der Waals surface area (Å²) in [4.78, 5) is 24.1. The van der Waals surface area contributed by atoms with Gasteiger partial charge in [0.15, 0.2) is 5.58 Å². The average Bonchev–Trinajstić information content (AvgIpc) is 2.87. The summed E-state index contributed by atoms with van der Waals surface area (Å²) < 4.78 is 34.4. The van der Waals surface area contributed by atoms with Gasteiger partial charge in [-0.2, -0.15) is 0 Å². The lowest BCUT2D eigenvalue weighted by molar-refractivity contribution is 0.0920. The number of para-hydroxylation sites is 1. The van der Waals surface area contributed by atoms with Gasteiger partial charge in [0.05, 0.1) is 21.7 Å². The Morgan fingerprint density at radius 2 is 1.79 bits per heavy atom. The Morgan fingerprint density at radius 1 is 1.11 bits per heavy atom. The number of nitrogens with one attached hydrogen (secondary N) is 2. The fourth-order valence-electron chi connectivity index (χ4n) is 2.66. The van der Waals surface area contributed by atoms with Gasteiger partial charge in [0, 0.05) is 12.6 Å². The minimum absolute atomic E-state index is 0.0533. The molecular weight excluding hydrogens is 382 g/mol. The molecule has 0 unspecified atom stereocenters. The third kappa shape index (κ3) is 3.94. The van der Waals surface area contributed by atoms with Gasteiger partial charge in [-0.25, -0.2) is 13.2 Å². The number of sulfonamides is 1. The van der Waals surface area contributed by atoms with Crippen LogP contribution in [0.1, 0.15) is 31.1 Å². The Balaban J connectivity index is 1.98. The van der Waals surface area contributed by atoms with Gasteiger partial charge in [0.2, 0.25) is 0 Å². The van der Waals surface area contributed by atoms with Crippen LogP contribution in [0.2, 0.25) is 0 Å². The largest absolute Gasteiger partial charge is 0.419 e. The Morgan fingerprint density at radius 3 is 2.46 bits per heavy atom. The zero-order valence-corrected chi connectivity index (χ0v) is 16.8. The molecule has 3 aromatic rings. The predicted molar refractivity (Wildman–Crippen MR) is 106 cm³/mol. The van der Waals surface area contributed by atoms with Crippen LogP contribution in [0, 0.1) is 0 Å². The van der Waals surface area contributed by atoms with Crippen molar-refractivity contribution in [2.24, 2.45) is 7.05 Å². The van der Waals surface area contributed by atoms with E-state index in [-0.39, 0.29) is 21.7 Å². The molecule has 8 nitrogen and oxygen atoms in total. The number of fused-ring (bicyclic) bond motifs is 1. The van der Waals surface area contributed by atoms with Crippen LogP contribution >= 0.6 is 0 Å². The van der Waals surface area contributed by atoms with E-state index in [4.69, 9.17) is 4.42 Å². The number of hydrogen-bond donors (Lipinski definition) is 2. The lowest BCUT2D eigenvalue weighted by Gasteiger charge is -2.21. The molecule has 148 valence electrons. The number of hydrogen-bond acceptors (Lipinski definition) is 5. The molecule has 0 aliphatic heterocycles. The molecule has 0 saturated carbocycles. The van der Waals surface area contributed by atoms with E-state index in [1.165, 1.54) is 35.9 Å². The van der Waals surface area contributed by atoms with Crippen LogP contribution < -0.4 is 15.8 Å². The normalized spacial score (nSPS) is 12.1. The van der Waals surface area contributed by atoms with Gasteiger partial charge in [-0.3, -0.25) is 14.1 Å². The van der Waals surface area contributed by atoms with Crippen LogP contribution in [0.15, 0.2) is 56.6 Å². The van der Waals surface area contributed by atoms with E-state index in [0.29, 0.717) is 5.52 Å². The molecule has 3 rings (SSSR count). The molecular formula is C19H21N3O5S. The van der Waals surface area contributed by atoms with E-state index in [0.717, 1.165) is 0 Å². The van der Waals surface area contributed by atoms with Crippen molar-refractivity contribution in [1.82, 2.24) is 9.88 Å². The van der Waals surface area contributed by atoms with Crippen LogP contribution in [0.3, 0.4) is 0 Å². The van der Waals surface area contributed by atoms with Crippen LogP contribution in [0.5, 0.6) is 0 Å². The Labute approximate surface area is 162 Å². The van der Waals surface area contributed by atoms with Gasteiger partial charge < -0.3 is 9.73 Å². The number of carbonyl (C=O) groups is 1. The second-order valence-corrected chi connectivity index (χ2v) is 9.09. The van der Waals surface area contributed by atoms with Gasteiger partial charge in [0.1, 0.15) is 0 Å². The minimum atomic E-state index is -4.00. The molecule has 0 aliphatic rings. The first-order valence-electron chi connectivity index (χ1n) is 8.52. The number of nitrogens with zero attached hydrogens (tertiary/aromatic N) is 1. The summed E-state index contributed by atoms with van der Waals surface area (Å²) >= 11 is 0. The highest BCUT2D eigenvalue weighted by atomic mass is 32.2. The Hall–Kier alpha value is -3.07. The minimum Gasteiger partial charge on any atom is -0.408 e. The molecule has 0 fully saturated rings. The number of aromatic nitrogens is 1. The third-order valence-corrected chi connectivity index (χ3v) is 5.34. The zero-order chi connectivity index (χ0) is 20.7. The number of rotatable bonds is 4. The summed E-state index contributed by atoms with van der Waals surface area (Å²) in [5, 5.41) is 2.81. The number of oxazole rings is 1. The maximum absolute atomic E-state index is 12.9. The fourth-order valence-corrected chi connectivity index (χ4v) is 3.75. The standard InChI is InChI=1S/C19H21N3O5S/c1-19(2,3)20-17(23)13-7-5-6-8-14(13)21-28(25,26)12-9-10-16-15(11-12)22(4)18(24)27-16/h5-11,21H,1-4H3,(H,20,23). The summed E-state index contributed by atoms with van der Waals surface area (Å²) in [6.07, 6.45) is 0. The van der Waals surface area contributed by atoms with Crippen molar-refractivity contribution < 1.29 is 17.6 Å². The van der Waals surface area contributed by atoms with Crippen LogP contribution in [0.25, 0.3) is 11.1 Å². The molecule has 2 aromatic carbocycles. The molecule has 0 spiro atoms. The van der Waals surface area contributed by atoms with Crippen molar-refractivity contribution in [3.63, 3.8) is 0 Å². The summed E-state index contributed by atoms with van der Waals surface area (Å²) in [5.41, 5.74) is 0.534. The van der Waals surface area contributed by atoms with Gasteiger partial charge in [0.25, 0.3) is 15.9 Å². The van der Waals surface area contributed by atoms with E-state index in [9.17, 15) is 18.0 Å². The average molecular weight is 403 g/mol. The van der Waals surface area contributed by atoms with E-state index in [1.54, 1.807) is 18.2 Å². The highest BCUT2D eigenvalue weighted by Gasteiger charge is 2.22. The third-order valence-electron chi connectivity index (χ3n) is 3.98. The maximum Gasteiger partial charge on any atom is 0.419 e. The lowest BCUT2D eigenvalue weighted by atomic mass is 10.1. The monoisotopic (exact) mass is 403 g/mol. The lowest BCUT2D eigenvalue weighted by Crippen LogP contribution is -2.40. The number of aryl methyl sites for hydroxylation is 1. The van der Waals surface area contributed by atoms with Gasteiger partial charge >= 0.3 is 5.76 Å². The molecule has 0 saturated heterocycles. The van der Waals surface area contributed by atoms with Crippen molar-refractivity contribution in [1.29, 1.82) is 0 Å². The van der Waals surface area contributed by atoms with E-state index in [2.05, 4.69) is 10.0 Å². The molecule has 0 radical (unpaired) electrons. The summed E-state index contributed by atoms with van der Waals surface area (Å²) in [5.74, 6) is -0.972. The van der Waals surface area contributed by atoms with Gasteiger partial charge in [-0.15, -0.1) is 0 Å². The van der Waals surface area contributed by atoms with Crippen molar-refractivity contribution in [3.05, 3.63) is 58.6 Å². The highest BCUT2D eigenvalue weighted by Crippen LogP contribution is 2.23. The zero-order valence-electron chi connectivity index (χ0n) is 15.9. The smallest absolute Gasteiger partial charge is 0.408 e.